The summed E-state index contributed by atoms with van der Waals surface area (Å²) in [4.78, 5) is 12.6. The van der Waals surface area contributed by atoms with Gasteiger partial charge in [-0.1, -0.05) is 30.3 Å². The molecule has 0 saturated heterocycles. The quantitative estimate of drug-likeness (QED) is 0.538. The third kappa shape index (κ3) is 5.18. The highest BCUT2D eigenvalue weighted by Gasteiger charge is 2.33. The van der Waals surface area contributed by atoms with E-state index in [1.165, 1.54) is 0 Å². The molecule has 0 aliphatic carbocycles. The van der Waals surface area contributed by atoms with Crippen LogP contribution in [0.4, 0.5) is 4.39 Å². The van der Waals surface area contributed by atoms with E-state index in [1.807, 2.05) is 30.3 Å². The van der Waals surface area contributed by atoms with Crippen LogP contribution in [0.2, 0.25) is 0 Å². The van der Waals surface area contributed by atoms with Crippen LogP contribution >= 0.6 is 0 Å². The number of aromatic nitrogens is 2. The first-order chi connectivity index (χ1) is 14.7. The summed E-state index contributed by atoms with van der Waals surface area (Å²) in [5, 5.41) is 4.51. The maximum Gasteiger partial charge on any atom is 0.328 e. The van der Waals surface area contributed by atoms with Crippen LogP contribution in [0.15, 0.2) is 59.5 Å². The normalized spacial score (nSPS) is 12.5. The summed E-state index contributed by atoms with van der Waals surface area (Å²) in [5.41, 5.74) is 2.59. The monoisotopic (exact) mass is 445 g/mol. The van der Waals surface area contributed by atoms with Crippen LogP contribution in [0, 0.1) is 19.7 Å². The molecule has 0 radical (unpaired) electrons. The third-order valence-electron chi connectivity index (χ3n) is 4.82. The summed E-state index contributed by atoms with van der Waals surface area (Å²) in [6.07, 6.45) is 0. The molecular weight excluding hydrogens is 421 g/mol. The second-order valence-electron chi connectivity index (χ2n) is 6.99. The molecule has 31 heavy (non-hydrogen) atoms. The number of benzene rings is 2. The molecule has 7 nitrogen and oxygen atoms in total. The van der Waals surface area contributed by atoms with Crippen molar-refractivity contribution in [3.8, 4) is 0 Å². The van der Waals surface area contributed by atoms with Gasteiger partial charge < -0.3 is 4.74 Å². The highest BCUT2D eigenvalue weighted by atomic mass is 32.2. The number of rotatable bonds is 8. The first-order valence-corrected chi connectivity index (χ1v) is 11.2. The number of ether oxygens (including phenoxy) is 1. The van der Waals surface area contributed by atoms with E-state index < -0.39 is 27.9 Å². The van der Waals surface area contributed by atoms with E-state index in [0.717, 1.165) is 29.8 Å². The van der Waals surface area contributed by atoms with Crippen molar-refractivity contribution < 1.29 is 22.3 Å². The van der Waals surface area contributed by atoms with Gasteiger partial charge in [-0.05, 0) is 50.6 Å². The Morgan fingerprint density at radius 3 is 2.39 bits per heavy atom. The van der Waals surface area contributed by atoms with Gasteiger partial charge in [-0.2, -0.15) is 9.82 Å². The van der Waals surface area contributed by atoms with Crippen LogP contribution in [0.3, 0.4) is 0 Å². The lowest BCUT2D eigenvalue weighted by Crippen LogP contribution is -2.35. The van der Waals surface area contributed by atoms with Gasteiger partial charge in [-0.25, -0.2) is 17.6 Å². The van der Waals surface area contributed by atoms with Gasteiger partial charge in [0.2, 0.25) is 10.0 Å². The predicted molar refractivity (Wildman–Crippen MR) is 113 cm³/mol. The maximum atomic E-state index is 13.2. The Kier molecular flexibility index (Phi) is 6.87. The lowest BCUT2D eigenvalue weighted by molar-refractivity contribution is -0.145. The van der Waals surface area contributed by atoms with Crippen LogP contribution in [-0.2, 0) is 26.1 Å². The molecule has 3 aromatic rings. The fourth-order valence-electron chi connectivity index (χ4n) is 3.33. The van der Waals surface area contributed by atoms with Gasteiger partial charge in [0.05, 0.1) is 23.7 Å². The van der Waals surface area contributed by atoms with Gasteiger partial charge in [0, 0.05) is 11.3 Å². The molecular formula is C22H24FN3O4S. The van der Waals surface area contributed by atoms with Crippen molar-refractivity contribution in [2.45, 2.75) is 38.3 Å². The molecule has 1 atom stereocenters. The van der Waals surface area contributed by atoms with Crippen molar-refractivity contribution in [3.05, 3.63) is 82.9 Å². The number of esters is 1. The Morgan fingerprint density at radius 1 is 1.13 bits per heavy atom. The summed E-state index contributed by atoms with van der Waals surface area (Å²) in [5.74, 6) is -1.30. The summed E-state index contributed by atoms with van der Waals surface area (Å²) >= 11 is 0. The topological polar surface area (TPSA) is 90.3 Å². The summed E-state index contributed by atoms with van der Waals surface area (Å²) in [6, 6.07) is 12.7. The molecule has 9 heteroatoms. The maximum absolute atomic E-state index is 13.2. The zero-order valence-corrected chi connectivity index (χ0v) is 18.3. The van der Waals surface area contributed by atoms with E-state index >= 15 is 0 Å². The second-order valence-corrected chi connectivity index (χ2v) is 8.70. The fourth-order valence-corrected chi connectivity index (χ4v) is 4.48. The Bertz CT molecular complexity index is 1160. The van der Waals surface area contributed by atoms with E-state index in [2.05, 4.69) is 9.82 Å². The third-order valence-corrected chi connectivity index (χ3v) is 6.26. The minimum atomic E-state index is -4.13. The van der Waals surface area contributed by atoms with Crippen LogP contribution in [0.5, 0.6) is 0 Å². The van der Waals surface area contributed by atoms with Gasteiger partial charge in [-0.3, -0.25) is 4.68 Å². The first kappa shape index (κ1) is 22.6. The number of sulfonamides is 1. The highest BCUT2D eigenvalue weighted by molar-refractivity contribution is 7.89. The molecule has 0 amide bonds. The molecule has 164 valence electrons. The van der Waals surface area contributed by atoms with Gasteiger partial charge in [-0.15, -0.1) is 0 Å². The van der Waals surface area contributed by atoms with E-state index in [0.29, 0.717) is 23.5 Å². The average molecular weight is 446 g/mol. The largest absolute Gasteiger partial charge is 0.465 e. The first-order valence-electron chi connectivity index (χ1n) is 9.75. The van der Waals surface area contributed by atoms with Gasteiger partial charge >= 0.3 is 5.97 Å². The van der Waals surface area contributed by atoms with Crippen molar-refractivity contribution in [3.63, 3.8) is 0 Å². The van der Waals surface area contributed by atoms with E-state index in [1.54, 1.807) is 25.5 Å². The average Bonchev–Trinajstić information content (AvgIpc) is 3.00. The predicted octanol–water partition coefficient (Wildman–Crippen LogP) is 3.27. The number of nitrogens with zero attached hydrogens (tertiary/aromatic N) is 2. The summed E-state index contributed by atoms with van der Waals surface area (Å²) in [7, 11) is -4.13. The van der Waals surface area contributed by atoms with Crippen LogP contribution in [0.25, 0.3) is 0 Å². The van der Waals surface area contributed by atoms with Crippen molar-refractivity contribution in [1.82, 2.24) is 14.5 Å². The van der Waals surface area contributed by atoms with E-state index in [4.69, 9.17) is 4.74 Å². The molecule has 2 aromatic carbocycles. The van der Waals surface area contributed by atoms with Crippen LogP contribution in [0.1, 0.15) is 35.5 Å². The minimum absolute atomic E-state index is 0.0872. The van der Waals surface area contributed by atoms with Crippen molar-refractivity contribution in [2.75, 3.05) is 6.61 Å². The minimum Gasteiger partial charge on any atom is -0.465 e. The molecule has 1 heterocycles. The summed E-state index contributed by atoms with van der Waals surface area (Å²) in [6.45, 7) is 5.68. The Morgan fingerprint density at radius 2 is 1.77 bits per heavy atom. The number of aryl methyl sites for hydroxylation is 1. The lowest BCUT2D eigenvalue weighted by atomic mass is 10.1. The Hall–Kier alpha value is -3.04. The SMILES string of the molecule is CCOC(=O)[C@H](NS(=O)(=O)c1ccc(F)cc1)c1c(C)nn(Cc2ccccc2)c1C. The van der Waals surface area contributed by atoms with Crippen LogP contribution < -0.4 is 4.72 Å². The van der Waals surface area contributed by atoms with Gasteiger partial charge in [0.15, 0.2) is 0 Å². The zero-order chi connectivity index (χ0) is 22.6. The van der Waals surface area contributed by atoms with Crippen molar-refractivity contribution in [2.24, 2.45) is 0 Å². The molecule has 3 rings (SSSR count). The van der Waals surface area contributed by atoms with Crippen LogP contribution in [-0.4, -0.2) is 30.8 Å². The molecule has 0 saturated carbocycles. The molecule has 0 bridgehead atoms. The van der Waals surface area contributed by atoms with Crippen molar-refractivity contribution >= 4 is 16.0 Å². The van der Waals surface area contributed by atoms with Crippen molar-refractivity contribution in [1.29, 1.82) is 0 Å². The zero-order valence-electron chi connectivity index (χ0n) is 17.5. The Labute approximate surface area is 180 Å². The molecule has 0 unspecified atom stereocenters. The fraction of sp³-hybridized carbons (Fsp3) is 0.273. The molecule has 0 aliphatic rings. The number of hydrogen-bond donors (Lipinski definition) is 1. The molecule has 1 N–H and O–H groups in total. The van der Waals surface area contributed by atoms with E-state index in [-0.39, 0.29) is 11.5 Å². The van der Waals surface area contributed by atoms with Gasteiger partial charge in [0.25, 0.3) is 0 Å². The van der Waals surface area contributed by atoms with E-state index in [9.17, 15) is 17.6 Å². The number of hydrogen-bond acceptors (Lipinski definition) is 5. The number of carbonyl (C=O) groups excluding carboxylic acids is 1. The Balaban J connectivity index is 1.99. The second kappa shape index (κ2) is 9.40. The highest BCUT2D eigenvalue weighted by Crippen LogP contribution is 2.26. The lowest BCUT2D eigenvalue weighted by Gasteiger charge is -2.18. The molecule has 0 aliphatic heterocycles. The summed E-state index contributed by atoms with van der Waals surface area (Å²) < 4.78 is 48.3. The molecule has 0 spiro atoms. The standard InChI is InChI=1S/C22H24FN3O4S/c1-4-30-22(27)21(25-31(28,29)19-12-10-18(23)11-13-19)20-15(2)24-26(16(20)3)14-17-8-6-5-7-9-17/h5-13,21,25H,4,14H2,1-3H3/t21-/m1/s1. The number of halogens is 1. The number of nitrogens with one attached hydrogen (secondary N) is 1. The smallest absolute Gasteiger partial charge is 0.328 e. The van der Waals surface area contributed by atoms with Gasteiger partial charge in [0.1, 0.15) is 11.9 Å². The molecule has 1 aromatic heterocycles. The number of carbonyl (C=O) groups is 1. The molecule has 0 fully saturated rings.